The van der Waals surface area contributed by atoms with Crippen LogP contribution in [0.3, 0.4) is 0 Å². The van der Waals surface area contributed by atoms with Crippen LogP contribution in [0.5, 0.6) is 11.6 Å². The van der Waals surface area contributed by atoms with Gasteiger partial charge in [-0.05, 0) is 88.4 Å². The van der Waals surface area contributed by atoms with Crippen molar-refractivity contribution < 1.29 is 4.74 Å². The van der Waals surface area contributed by atoms with Crippen molar-refractivity contribution >= 4 is 5.96 Å². The van der Waals surface area contributed by atoms with Gasteiger partial charge in [0.05, 0.1) is 12.2 Å². The number of aromatic nitrogens is 3. The van der Waals surface area contributed by atoms with E-state index in [1.54, 1.807) is 6.20 Å². The standard InChI is InChI=1S/C26H36N6O/c1-8-27-26(30-19(4)14-24-20(5)31-32(7)21(24)6)29-16-22-11-12-28-25(15-22)33-23-10-9-17(2)18(3)13-23/h9-13,15,19H,8,14,16H2,1-7H3,(H2,27,29,30). The molecule has 7 nitrogen and oxygen atoms in total. The van der Waals surface area contributed by atoms with Crippen LogP contribution < -0.4 is 15.4 Å². The molecule has 1 aromatic carbocycles. The Hall–Kier alpha value is -3.35. The van der Waals surface area contributed by atoms with Gasteiger partial charge in [0.15, 0.2) is 5.96 Å². The summed E-state index contributed by atoms with van der Waals surface area (Å²) < 4.78 is 7.91. The second-order valence-corrected chi connectivity index (χ2v) is 8.57. The number of pyridine rings is 1. The number of hydrogen-bond donors (Lipinski definition) is 2. The second kappa shape index (κ2) is 11.0. The molecule has 1 atom stereocenters. The highest BCUT2D eigenvalue weighted by Gasteiger charge is 2.14. The first-order valence-electron chi connectivity index (χ1n) is 11.5. The van der Waals surface area contributed by atoms with Crippen molar-refractivity contribution in [2.24, 2.45) is 12.0 Å². The average Bonchev–Trinajstić information content (AvgIpc) is 3.01. The second-order valence-electron chi connectivity index (χ2n) is 8.57. The van der Waals surface area contributed by atoms with E-state index in [1.165, 1.54) is 22.4 Å². The third-order valence-electron chi connectivity index (χ3n) is 5.82. The number of benzene rings is 1. The van der Waals surface area contributed by atoms with E-state index in [4.69, 9.17) is 9.73 Å². The Labute approximate surface area is 197 Å². The SMILES string of the molecule is CCNC(=NCc1ccnc(Oc2ccc(C)c(C)c2)c1)NC(C)Cc1c(C)nn(C)c1C. The summed E-state index contributed by atoms with van der Waals surface area (Å²) in [7, 11) is 1.99. The highest BCUT2D eigenvalue weighted by atomic mass is 16.5. The Kier molecular flexibility index (Phi) is 8.09. The molecule has 0 aliphatic heterocycles. The van der Waals surface area contributed by atoms with E-state index in [2.05, 4.69) is 68.3 Å². The normalized spacial score (nSPS) is 12.5. The lowest BCUT2D eigenvalue weighted by Crippen LogP contribution is -2.43. The summed E-state index contributed by atoms with van der Waals surface area (Å²) >= 11 is 0. The van der Waals surface area contributed by atoms with Crippen molar-refractivity contribution in [1.29, 1.82) is 0 Å². The zero-order valence-electron chi connectivity index (χ0n) is 20.9. The first kappa shape index (κ1) is 24.3. The number of ether oxygens (including phenoxy) is 1. The van der Waals surface area contributed by atoms with Crippen LogP contribution in [-0.2, 0) is 20.0 Å². The van der Waals surface area contributed by atoms with Gasteiger partial charge in [0, 0.05) is 37.6 Å². The first-order valence-corrected chi connectivity index (χ1v) is 11.5. The quantitative estimate of drug-likeness (QED) is 0.391. The van der Waals surface area contributed by atoms with Crippen LogP contribution in [0.2, 0.25) is 0 Å². The third-order valence-corrected chi connectivity index (χ3v) is 5.82. The summed E-state index contributed by atoms with van der Waals surface area (Å²) in [4.78, 5) is 9.13. The Balaban J connectivity index is 1.66. The van der Waals surface area contributed by atoms with Gasteiger partial charge in [0.25, 0.3) is 0 Å². The molecule has 2 N–H and O–H groups in total. The first-order chi connectivity index (χ1) is 15.8. The number of hydrogen-bond acceptors (Lipinski definition) is 4. The van der Waals surface area contributed by atoms with Gasteiger partial charge in [0.1, 0.15) is 5.75 Å². The number of rotatable bonds is 8. The molecule has 7 heteroatoms. The largest absolute Gasteiger partial charge is 0.439 e. The highest BCUT2D eigenvalue weighted by Crippen LogP contribution is 2.23. The molecule has 0 amide bonds. The summed E-state index contributed by atoms with van der Waals surface area (Å²) in [6.45, 7) is 13.9. The Morgan fingerprint density at radius 1 is 1.12 bits per heavy atom. The van der Waals surface area contributed by atoms with Crippen molar-refractivity contribution in [1.82, 2.24) is 25.4 Å². The van der Waals surface area contributed by atoms with Crippen LogP contribution >= 0.6 is 0 Å². The van der Waals surface area contributed by atoms with E-state index in [0.717, 1.165) is 35.9 Å². The number of nitrogens with one attached hydrogen (secondary N) is 2. The smallest absolute Gasteiger partial charge is 0.219 e. The fourth-order valence-electron chi connectivity index (χ4n) is 3.70. The molecule has 0 saturated heterocycles. The topological polar surface area (TPSA) is 76.4 Å². The number of nitrogens with zero attached hydrogens (tertiary/aromatic N) is 4. The fraction of sp³-hybridized carbons (Fsp3) is 0.423. The summed E-state index contributed by atoms with van der Waals surface area (Å²) in [5, 5.41) is 11.4. The van der Waals surface area contributed by atoms with Gasteiger partial charge in [-0.2, -0.15) is 5.10 Å². The molecule has 0 spiro atoms. The monoisotopic (exact) mass is 448 g/mol. The molecule has 0 aliphatic carbocycles. The Morgan fingerprint density at radius 2 is 1.91 bits per heavy atom. The lowest BCUT2D eigenvalue weighted by atomic mass is 10.1. The van der Waals surface area contributed by atoms with E-state index in [9.17, 15) is 0 Å². The summed E-state index contributed by atoms with van der Waals surface area (Å²) in [5.41, 5.74) is 7.04. The molecule has 2 heterocycles. The minimum atomic E-state index is 0.213. The molecule has 176 valence electrons. The van der Waals surface area contributed by atoms with Gasteiger partial charge in [-0.3, -0.25) is 4.68 Å². The van der Waals surface area contributed by atoms with Crippen LogP contribution in [0.1, 0.15) is 47.5 Å². The Bertz CT molecular complexity index is 1120. The minimum Gasteiger partial charge on any atom is -0.439 e. The molecule has 0 radical (unpaired) electrons. The van der Waals surface area contributed by atoms with Gasteiger partial charge >= 0.3 is 0 Å². The molecular weight excluding hydrogens is 412 g/mol. The number of guanidine groups is 1. The zero-order chi connectivity index (χ0) is 24.0. The van der Waals surface area contributed by atoms with E-state index >= 15 is 0 Å². The minimum absolute atomic E-state index is 0.213. The average molecular weight is 449 g/mol. The van der Waals surface area contributed by atoms with E-state index < -0.39 is 0 Å². The van der Waals surface area contributed by atoms with Crippen molar-refractivity contribution in [3.8, 4) is 11.6 Å². The molecule has 0 bridgehead atoms. The van der Waals surface area contributed by atoms with Crippen molar-refractivity contribution in [2.75, 3.05) is 6.54 Å². The molecule has 3 aromatic rings. The van der Waals surface area contributed by atoms with Gasteiger partial charge in [-0.25, -0.2) is 9.98 Å². The maximum absolute atomic E-state index is 5.97. The third kappa shape index (κ3) is 6.57. The van der Waals surface area contributed by atoms with Crippen LogP contribution in [0.15, 0.2) is 41.5 Å². The molecular formula is C26H36N6O. The van der Waals surface area contributed by atoms with Crippen LogP contribution in [0.4, 0.5) is 0 Å². The lowest BCUT2D eigenvalue weighted by molar-refractivity contribution is 0.461. The Morgan fingerprint density at radius 3 is 2.58 bits per heavy atom. The summed E-state index contributed by atoms with van der Waals surface area (Å²) in [6.07, 6.45) is 2.65. The highest BCUT2D eigenvalue weighted by molar-refractivity contribution is 5.80. The number of aliphatic imine (C=N–C) groups is 1. The lowest BCUT2D eigenvalue weighted by Gasteiger charge is -2.18. The molecule has 0 aliphatic rings. The van der Waals surface area contributed by atoms with Crippen LogP contribution in [0.25, 0.3) is 0 Å². The molecule has 3 rings (SSSR count). The molecule has 1 unspecified atom stereocenters. The van der Waals surface area contributed by atoms with E-state index in [-0.39, 0.29) is 6.04 Å². The van der Waals surface area contributed by atoms with Gasteiger partial charge in [-0.15, -0.1) is 0 Å². The van der Waals surface area contributed by atoms with Crippen LogP contribution in [-0.4, -0.2) is 33.3 Å². The van der Waals surface area contributed by atoms with Gasteiger partial charge in [0.2, 0.25) is 5.88 Å². The predicted octanol–water partition coefficient (Wildman–Crippen LogP) is 4.53. The fourth-order valence-corrected chi connectivity index (χ4v) is 3.70. The van der Waals surface area contributed by atoms with E-state index in [0.29, 0.717) is 12.4 Å². The van der Waals surface area contributed by atoms with Crippen molar-refractivity contribution in [2.45, 2.75) is 60.5 Å². The van der Waals surface area contributed by atoms with Gasteiger partial charge < -0.3 is 15.4 Å². The summed E-state index contributed by atoms with van der Waals surface area (Å²) in [6, 6.07) is 10.2. The van der Waals surface area contributed by atoms with Crippen molar-refractivity contribution in [3.63, 3.8) is 0 Å². The molecule has 2 aromatic heterocycles. The molecule has 33 heavy (non-hydrogen) atoms. The summed E-state index contributed by atoms with van der Waals surface area (Å²) in [5.74, 6) is 2.15. The van der Waals surface area contributed by atoms with Crippen molar-refractivity contribution in [3.05, 3.63) is 70.2 Å². The zero-order valence-corrected chi connectivity index (χ0v) is 20.9. The van der Waals surface area contributed by atoms with Gasteiger partial charge in [-0.1, -0.05) is 6.07 Å². The van der Waals surface area contributed by atoms with Crippen LogP contribution in [0, 0.1) is 27.7 Å². The predicted molar refractivity (Wildman–Crippen MR) is 134 cm³/mol. The maximum Gasteiger partial charge on any atom is 0.219 e. The maximum atomic E-state index is 5.97. The molecule has 0 fully saturated rings. The van der Waals surface area contributed by atoms with E-state index in [1.807, 2.05) is 36.0 Å². The molecule has 0 saturated carbocycles. The number of aryl methyl sites for hydroxylation is 4.